The largest absolute Gasteiger partial charge is 0.325 e. The summed E-state index contributed by atoms with van der Waals surface area (Å²) in [6.07, 6.45) is 0. The monoisotopic (exact) mass is 463 g/mol. The van der Waals surface area contributed by atoms with Crippen LogP contribution in [0.2, 0.25) is 0 Å². The fraction of sp³-hybridized carbons (Fsp3) is 0.0909. The number of benzene rings is 2. The Morgan fingerprint density at radius 1 is 1.09 bits per heavy atom. The molecule has 3 heterocycles. The predicted molar refractivity (Wildman–Crippen MR) is 120 cm³/mol. The van der Waals surface area contributed by atoms with E-state index in [1.165, 1.54) is 36.1 Å². The lowest BCUT2D eigenvalue weighted by Crippen LogP contribution is -2.37. The normalized spacial score (nSPS) is 14.6. The van der Waals surface area contributed by atoms with E-state index in [1.54, 1.807) is 24.3 Å². The minimum Gasteiger partial charge on any atom is -0.325 e. The van der Waals surface area contributed by atoms with Gasteiger partial charge in [0, 0.05) is 11.3 Å². The minimum atomic E-state index is -0.568. The number of aryl methyl sites for hydroxylation is 1. The van der Waals surface area contributed by atoms with Gasteiger partial charge in [-0.05, 0) is 37.3 Å². The summed E-state index contributed by atoms with van der Waals surface area (Å²) >= 11 is 0.893. The van der Waals surface area contributed by atoms with Crippen LogP contribution in [-0.2, 0) is 9.59 Å². The van der Waals surface area contributed by atoms with Gasteiger partial charge in [0.15, 0.2) is 0 Å². The lowest BCUT2D eigenvalue weighted by molar-refractivity contribution is -0.118. The number of halogens is 1. The number of fused-ring (bicyclic) bond motifs is 2. The number of amides is 2. The molecular weight excluding hydrogens is 449 g/mol. The molecule has 2 aromatic heterocycles. The molecule has 164 valence electrons. The quantitative estimate of drug-likeness (QED) is 0.482. The molecule has 0 atom stereocenters. The zero-order chi connectivity index (χ0) is 23.3. The number of aromatic nitrogens is 3. The number of carbonyl (C=O) groups is 2. The average molecular weight is 463 g/mol. The van der Waals surface area contributed by atoms with Crippen LogP contribution < -0.4 is 25.9 Å². The van der Waals surface area contributed by atoms with Crippen LogP contribution in [-0.4, -0.2) is 33.0 Å². The van der Waals surface area contributed by atoms with E-state index in [0.717, 1.165) is 15.9 Å². The maximum atomic E-state index is 13.4. The van der Waals surface area contributed by atoms with Gasteiger partial charge < -0.3 is 5.32 Å². The van der Waals surface area contributed by atoms with Crippen LogP contribution in [0.4, 0.5) is 15.8 Å². The summed E-state index contributed by atoms with van der Waals surface area (Å²) in [5.74, 6) is -1.46. The van der Waals surface area contributed by atoms with Crippen molar-refractivity contribution in [1.82, 2.24) is 14.6 Å². The van der Waals surface area contributed by atoms with Crippen LogP contribution in [0.1, 0.15) is 11.3 Å². The highest BCUT2D eigenvalue weighted by Crippen LogP contribution is 2.35. The number of nitrogens with one attached hydrogen (secondary N) is 1. The van der Waals surface area contributed by atoms with Gasteiger partial charge in [0.25, 0.3) is 17.0 Å². The molecule has 4 aromatic rings. The van der Waals surface area contributed by atoms with Crippen molar-refractivity contribution in [2.24, 2.45) is 0 Å². The maximum absolute atomic E-state index is 13.4. The fourth-order valence-electron chi connectivity index (χ4n) is 3.57. The Morgan fingerprint density at radius 2 is 1.82 bits per heavy atom. The molecule has 0 fully saturated rings. The first-order chi connectivity index (χ1) is 15.8. The molecule has 11 heteroatoms. The number of carbonyl (C=O) groups excluding carboxylic acids is 2. The van der Waals surface area contributed by atoms with E-state index < -0.39 is 28.8 Å². The van der Waals surface area contributed by atoms with E-state index in [9.17, 15) is 23.6 Å². The van der Waals surface area contributed by atoms with Crippen molar-refractivity contribution in [2.75, 3.05) is 16.8 Å². The Labute approximate surface area is 188 Å². The Morgan fingerprint density at radius 3 is 2.58 bits per heavy atom. The summed E-state index contributed by atoms with van der Waals surface area (Å²) in [4.78, 5) is 56.0. The van der Waals surface area contributed by atoms with Gasteiger partial charge in [0.2, 0.25) is 10.9 Å². The number of anilines is 2. The van der Waals surface area contributed by atoms with Gasteiger partial charge >= 0.3 is 0 Å². The van der Waals surface area contributed by atoms with Gasteiger partial charge in [-0.2, -0.15) is 14.6 Å². The summed E-state index contributed by atoms with van der Waals surface area (Å²) in [5.41, 5.74) is 0.403. The zero-order valence-electron chi connectivity index (χ0n) is 17.0. The zero-order valence-corrected chi connectivity index (χ0v) is 17.9. The Bertz CT molecular complexity index is 1630. The summed E-state index contributed by atoms with van der Waals surface area (Å²) in [6.45, 7) is 1.13. The van der Waals surface area contributed by atoms with E-state index >= 15 is 0 Å². The second-order valence-electron chi connectivity index (χ2n) is 7.27. The highest BCUT2D eigenvalue weighted by Gasteiger charge is 2.35. The van der Waals surface area contributed by atoms with Crippen molar-refractivity contribution in [1.29, 1.82) is 0 Å². The second kappa shape index (κ2) is 7.71. The number of nitrogens with zero attached hydrogens (tertiary/aromatic N) is 4. The molecule has 9 nitrogen and oxygen atoms in total. The molecule has 2 aromatic carbocycles. The summed E-state index contributed by atoms with van der Waals surface area (Å²) in [5, 5.41) is 6.60. The molecule has 1 aliphatic rings. The lowest BCUT2D eigenvalue weighted by Gasteiger charge is -2.16. The molecule has 1 N–H and O–H groups in total. The van der Waals surface area contributed by atoms with E-state index in [-0.39, 0.29) is 27.3 Å². The number of hydrogen-bond donors (Lipinski definition) is 1. The molecule has 0 saturated carbocycles. The van der Waals surface area contributed by atoms with Crippen molar-refractivity contribution in [3.8, 4) is 0 Å². The van der Waals surface area contributed by atoms with Gasteiger partial charge in [0.1, 0.15) is 22.6 Å². The van der Waals surface area contributed by atoms with Gasteiger partial charge in [-0.3, -0.25) is 24.1 Å². The molecule has 5 rings (SSSR count). The van der Waals surface area contributed by atoms with Crippen LogP contribution in [0, 0.1) is 12.7 Å². The molecule has 0 radical (unpaired) electrons. The number of hydrogen-bond acceptors (Lipinski definition) is 7. The molecule has 0 saturated heterocycles. The van der Waals surface area contributed by atoms with Crippen LogP contribution >= 0.6 is 11.3 Å². The number of thiazole rings is 1. The van der Waals surface area contributed by atoms with E-state index in [0.29, 0.717) is 16.9 Å². The van der Waals surface area contributed by atoms with Crippen LogP contribution in [0.5, 0.6) is 0 Å². The second-order valence-corrected chi connectivity index (χ2v) is 8.25. The molecule has 0 unspecified atom stereocenters. The van der Waals surface area contributed by atoms with Crippen LogP contribution in [0.15, 0.2) is 58.1 Å². The number of para-hydroxylation sites is 1. The van der Waals surface area contributed by atoms with Gasteiger partial charge in [-0.25, -0.2) is 4.39 Å². The Balaban J connectivity index is 1.59. The molecule has 1 aliphatic heterocycles. The van der Waals surface area contributed by atoms with Crippen molar-refractivity contribution < 1.29 is 14.0 Å². The standard InChI is InChI=1S/C22H14FN5O4S/c1-11-19(30)25-22-28(26-11)21(32)18(33-22)17-14-4-2-3-5-15(14)27(20(17)31)10-16(29)24-13-8-6-12(23)7-9-13/h2-9H,10H2,1H3,(H,24,29). The topological polar surface area (TPSA) is 114 Å². The summed E-state index contributed by atoms with van der Waals surface area (Å²) in [6, 6.07) is 12.0. The Kier molecular flexibility index (Phi) is 4.82. The third-order valence-corrected chi connectivity index (χ3v) is 6.13. The van der Waals surface area contributed by atoms with E-state index in [2.05, 4.69) is 15.4 Å². The maximum Gasteiger partial charge on any atom is 0.295 e. The third kappa shape index (κ3) is 3.48. The fourth-order valence-corrected chi connectivity index (χ4v) is 4.57. The SMILES string of the molecule is Cc1nn2c(=O)c(=C3C(=O)N(CC(=O)Nc4ccc(F)cc4)c4ccccc43)sc2nc1=O. The third-order valence-electron chi connectivity index (χ3n) is 5.10. The molecule has 0 spiro atoms. The van der Waals surface area contributed by atoms with Crippen LogP contribution in [0.3, 0.4) is 0 Å². The average Bonchev–Trinajstić information content (AvgIpc) is 3.24. The van der Waals surface area contributed by atoms with Gasteiger partial charge in [-0.15, -0.1) is 0 Å². The van der Waals surface area contributed by atoms with Crippen LogP contribution in [0.25, 0.3) is 10.5 Å². The lowest BCUT2D eigenvalue weighted by atomic mass is 10.1. The van der Waals surface area contributed by atoms with Crippen molar-refractivity contribution in [3.05, 3.63) is 90.8 Å². The van der Waals surface area contributed by atoms with Crippen molar-refractivity contribution in [2.45, 2.75) is 6.92 Å². The highest BCUT2D eigenvalue weighted by atomic mass is 32.1. The smallest absolute Gasteiger partial charge is 0.295 e. The predicted octanol–water partition coefficient (Wildman–Crippen LogP) is 0.862. The van der Waals surface area contributed by atoms with E-state index in [4.69, 9.17) is 0 Å². The molecule has 0 aliphatic carbocycles. The molecular formula is C22H14FN5O4S. The van der Waals surface area contributed by atoms with Crippen molar-refractivity contribution in [3.63, 3.8) is 0 Å². The van der Waals surface area contributed by atoms with Gasteiger partial charge in [-0.1, -0.05) is 29.5 Å². The summed E-state index contributed by atoms with van der Waals surface area (Å²) in [7, 11) is 0. The minimum absolute atomic E-state index is 0.0659. The molecule has 2 amide bonds. The molecule has 33 heavy (non-hydrogen) atoms. The summed E-state index contributed by atoms with van der Waals surface area (Å²) < 4.78 is 14.2. The first kappa shape index (κ1) is 20.6. The Hall–Kier alpha value is -4.25. The van der Waals surface area contributed by atoms with Crippen molar-refractivity contribution >= 4 is 45.1 Å². The highest BCUT2D eigenvalue weighted by molar-refractivity contribution is 7.15. The van der Waals surface area contributed by atoms with Gasteiger partial charge in [0.05, 0.1) is 11.3 Å². The number of rotatable bonds is 3. The first-order valence-corrected chi connectivity index (χ1v) is 10.6. The first-order valence-electron chi connectivity index (χ1n) is 9.75. The molecule has 0 bridgehead atoms. The van der Waals surface area contributed by atoms with E-state index in [1.807, 2.05) is 0 Å².